The molecular formula is C21H20N2S. The lowest BCUT2D eigenvalue weighted by molar-refractivity contribution is 1.01. The molecule has 0 amide bonds. The van der Waals surface area contributed by atoms with Crippen LogP contribution in [-0.2, 0) is 6.54 Å². The highest BCUT2D eigenvalue weighted by Gasteiger charge is 2.13. The molecule has 0 aliphatic carbocycles. The maximum atomic E-state index is 5.70. The van der Waals surface area contributed by atoms with E-state index in [9.17, 15) is 0 Å². The zero-order valence-electron chi connectivity index (χ0n) is 13.6. The average molecular weight is 332 g/mol. The molecule has 0 heterocycles. The Labute approximate surface area is 148 Å². The van der Waals surface area contributed by atoms with Crippen LogP contribution in [0.5, 0.6) is 0 Å². The predicted molar refractivity (Wildman–Crippen MR) is 106 cm³/mol. The molecule has 2 nitrogen and oxygen atoms in total. The monoisotopic (exact) mass is 332 g/mol. The zero-order chi connectivity index (χ0) is 16.8. The minimum atomic E-state index is 0.690. The van der Waals surface area contributed by atoms with Gasteiger partial charge < -0.3 is 10.2 Å². The Morgan fingerprint density at radius 3 is 2.21 bits per heavy atom. The molecule has 0 aliphatic rings. The summed E-state index contributed by atoms with van der Waals surface area (Å²) >= 11 is 5.70. The number of rotatable bonds is 4. The van der Waals surface area contributed by atoms with Crippen molar-refractivity contribution in [3.63, 3.8) is 0 Å². The van der Waals surface area contributed by atoms with Crippen LogP contribution < -0.4 is 10.2 Å². The van der Waals surface area contributed by atoms with Gasteiger partial charge in [-0.25, -0.2) is 0 Å². The van der Waals surface area contributed by atoms with Crippen molar-refractivity contribution in [3.05, 3.63) is 96.1 Å². The van der Waals surface area contributed by atoms with Crippen LogP contribution in [0.4, 0.5) is 11.4 Å². The molecule has 3 aromatic carbocycles. The normalized spacial score (nSPS) is 10.2. The quantitative estimate of drug-likeness (QED) is 0.644. The Kier molecular flexibility index (Phi) is 5.24. The zero-order valence-corrected chi connectivity index (χ0v) is 14.5. The van der Waals surface area contributed by atoms with Gasteiger partial charge in [0.15, 0.2) is 5.11 Å². The maximum Gasteiger partial charge on any atom is 0.178 e. The summed E-state index contributed by atoms with van der Waals surface area (Å²) in [6.07, 6.45) is 0. The highest BCUT2D eigenvalue weighted by atomic mass is 32.1. The Bertz CT molecular complexity index is 800. The molecular weight excluding hydrogens is 312 g/mol. The molecule has 3 aromatic rings. The van der Waals surface area contributed by atoms with E-state index in [2.05, 4.69) is 65.7 Å². The Hall–Kier alpha value is -2.65. The van der Waals surface area contributed by atoms with Gasteiger partial charge in [0.2, 0.25) is 0 Å². The lowest BCUT2D eigenvalue weighted by atomic mass is 10.2. The first-order valence-corrected chi connectivity index (χ1v) is 8.37. The Morgan fingerprint density at radius 2 is 1.54 bits per heavy atom. The van der Waals surface area contributed by atoms with Crippen LogP contribution in [0.25, 0.3) is 0 Å². The molecule has 0 saturated carbocycles. The third kappa shape index (κ3) is 4.21. The van der Waals surface area contributed by atoms with E-state index >= 15 is 0 Å². The van der Waals surface area contributed by atoms with E-state index in [1.807, 2.05) is 36.4 Å². The smallest absolute Gasteiger partial charge is 0.178 e. The summed E-state index contributed by atoms with van der Waals surface area (Å²) in [6.45, 7) is 2.80. The lowest BCUT2D eigenvalue weighted by Gasteiger charge is -2.26. The molecule has 0 spiro atoms. The Morgan fingerprint density at radius 1 is 0.875 bits per heavy atom. The van der Waals surface area contributed by atoms with Gasteiger partial charge in [-0.15, -0.1) is 0 Å². The number of benzene rings is 3. The second-order valence-corrected chi connectivity index (χ2v) is 6.09. The first-order chi connectivity index (χ1) is 11.7. The van der Waals surface area contributed by atoms with Crippen LogP contribution in [0, 0.1) is 6.92 Å². The second-order valence-electron chi connectivity index (χ2n) is 5.71. The molecule has 0 saturated heterocycles. The summed E-state index contributed by atoms with van der Waals surface area (Å²) < 4.78 is 0. The first-order valence-electron chi connectivity index (χ1n) is 7.96. The van der Waals surface area contributed by atoms with Crippen LogP contribution in [-0.4, -0.2) is 5.11 Å². The molecule has 0 fully saturated rings. The van der Waals surface area contributed by atoms with Gasteiger partial charge in [-0.05, 0) is 54.5 Å². The largest absolute Gasteiger partial charge is 0.332 e. The number of nitrogens with zero attached hydrogens (tertiary/aromatic N) is 1. The first kappa shape index (κ1) is 16.2. The van der Waals surface area contributed by atoms with Gasteiger partial charge in [0.25, 0.3) is 0 Å². The fourth-order valence-corrected chi connectivity index (χ4v) is 2.86. The highest BCUT2D eigenvalue weighted by molar-refractivity contribution is 7.80. The van der Waals surface area contributed by atoms with Crippen molar-refractivity contribution in [2.75, 3.05) is 10.2 Å². The maximum absolute atomic E-state index is 5.70. The third-order valence-corrected chi connectivity index (χ3v) is 4.09. The van der Waals surface area contributed by atoms with Crippen molar-refractivity contribution >= 4 is 28.7 Å². The summed E-state index contributed by atoms with van der Waals surface area (Å²) in [6, 6.07) is 28.8. The van der Waals surface area contributed by atoms with Crippen LogP contribution in [0.15, 0.2) is 84.9 Å². The molecule has 120 valence electrons. The van der Waals surface area contributed by atoms with Gasteiger partial charge in [0.05, 0.1) is 6.54 Å². The lowest BCUT2D eigenvalue weighted by Crippen LogP contribution is -2.34. The predicted octanol–water partition coefficient (Wildman–Crippen LogP) is 5.40. The fraction of sp³-hybridized carbons (Fsp3) is 0.0952. The highest BCUT2D eigenvalue weighted by Crippen LogP contribution is 2.19. The van der Waals surface area contributed by atoms with Gasteiger partial charge >= 0.3 is 0 Å². The Balaban J connectivity index is 1.85. The van der Waals surface area contributed by atoms with Crippen LogP contribution >= 0.6 is 12.2 Å². The molecule has 3 heteroatoms. The van der Waals surface area contributed by atoms with Gasteiger partial charge in [-0.2, -0.15) is 0 Å². The van der Waals surface area contributed by atoms with Crippen LogP contribution in [0.1, 0.15) is 11.1 Å². The summed E-state index contributed by atoms with van der Waals surface area (Å²) in [5.74, 6) is 0. The summed E-state index contributed by atoms with van der Waals surface area (Å²) in [5, 5.41) is 4.05. The van der Waals surface area contributed by atoms with Crippen molar-refractivity contribution in [1.82, 2.24) is 0 Å². The van der Waals surface area contributed by atoms with E-state index in [-0.39, 0.29) is 0 Å². The fourth-order valence-electron chi connectivity index (χ4n) is 2.57. The molecule has 0 aliphatic heterocycles. The standard InChI is InChI=1S/C21H20N2S/c1-17-9-8-12-19(15-17)22-21(24)23(20-13-6-3-7-14-20)16-18-10-4-2-5-11-18/h2-15H,16H2,1H3,(H,22,24). The van der Waals surface area contributed by atoms with Gasteiger partial charge in [-0.1, -0.05) is 60.7 Å². The molecule has 1 N–H and O–H groups in total. The van der Waals surface area contributed by atoms with E-state index in [1.165, 1.54) is 11.1 Å². The van der Waals surface area contributed by atoms with Crippen LogP contribution in [0.3, 0.4) is 0 Å². The summed E-state index contributed by atoms with van der Waals surface area (Å²) in [5.41, 5.74) is 4.51. The van der Waals surface area contributed by atoms with Crippen molar-refractivity contribution in [2.24, 2.45) is 0 Å². The van der Waals surface area contributed by atoms with Crippen molar-refractivity contribution in [3.8, 4) is 0 Å². The summed E-state index contributed by atoms with van der Waals surface area (Å²) in [7, 11) is 0. The topological polar surface area (TPSA) is 15.3 Å². The summed E-state index contributed by atoms with van der Waals surface area (Å²) in [4.78, 5) is 2.12. The van der Waals surface area contributed by atoms with E-state index in [0.29, 0.717) is 5.11 Å². The van der Waals surface area contributed by atoms with Crippen molar-refractivity contribution in [1.29, 1.82) is 0 Å². The molecule has 0 bridgehead atoms. The van der Waals surface area contributed by atoms with Crippen molar-refractivity contribution in [2.45, 2.75) is 13.5 Å². The molecule has 0 unspecified atom stereocenters. The van der Waals surface area contributed by atoms with Gasteiger partial charge in [-0.3, -0.25) is 0 Å². The minimum absolute atomic E-state index is 0.690. The van der Waals surface area contributed by atoms with Gasteiger partial charge in [0, 0.05) is 11.4 Å². The van der Waals surface area contributed by atoms with E-state index < -0.39 is 0 Å². The number of thiocarbonyl (C=S) groups is 1. The molecule has 0 atom stereocenters. The van der Waals surface area contributed by atoms with E-state index in [0.717, 1.165) is 17.9 Å². The second kappa shape index (κ2) is 7.75. The van der Waals surface area contributed by atoms with E-state index in [4.69, 9.17) is 12.2 Å². The molecule has 3 rings (SSSR count). The SMILES string of the molecule is Cc1cccc(NC(=S)N(Cc2ccccc2)c2ccccc2)c1. The number of anilines is 2. The number of nitrogens with one attached hydrogen (secondary N) is 1. The van der Waals surface area contributed by atoms with Gasteiger partial charge in [0.1, 0.15) is 0 Å². The third-order valence-electron chi connectivity index (χ3n) is 3.77. The number of hydrogen-bond acceptors (Lipinski definition) is 1. The number of para-hydroxylation sites is 1. The minimum Gasteiger partial charge on any atom is -0.332 e. The van der Waals surface area contributed by atoms with Crippen molar-refractivity contribution < 1.29 is 0 Å². The molecule has 0 radical (unpaired) electrons. The molecule has 24 heavy (non-hydrogen) atoms. The number of aryl methyl sites for hydroxylation is 1. The average Bonchev–Trinajstić information content (AvgIpc) is 2.61. The number of hydrogen-bond donors (Lipinski definition) is 1. The molecule has 0 aromatic heterocycles. The van der Waals surface area contributed by atoms with E-state index in [1.54, 1.807) is 0 Å². The van der Waals surface area contributed by atoms with Crippen LogP contribution in [0.2, 0.25) is 0 Å².